The SMILES string of the molecule is CC1CCCN(c2nc(C(F)(F)F)c(C(=O)Cc3ccc(N4CCc5c(Cc6ccccc6F)cccc5C4)nc3)o2)C1. The lowest BCUT2D eigenvalue weighted by Crippen LogP contribution is -2.34. The Labute approximate surface area is 247 Å². The van der Waals surface area contributed by atoms with Gasteiger partial charge in [-0.1, -0.05) is 49.4 Å². The smallest absolute Gasteiger partial charge is 0.420 e. The maximum Gasteiger partial charge on any atom is 0.437 e. The lowest BCUT2D eigenvalue weighted by atomic mass is 9.91. The van der Waals surface area contributed by atoms with Gasteiger partial charge in [0.25, 0.3) is 6.01 Å². The molecular formula is C33H32F4N4O2. The van der Waals surface area contributed by atoms with Crippen molar-refractivity contribution in [3.63, 3.8) is 0 Å². The Morgan fingerprint density at radius 1 is 1.02 bits per heavy atom. The van der Waals surface area contributed by atoms with Crippen LogP contribution in [0.2, 0.25) is 0 Å². The van der Waals surface area contributed by atoms with E-state index in [4.69, 9.17) is 4.42 Å². The van der Waals surface area contributed by atoms with E-state index in [0.29, 0.717) is 55.5 Å². The van der Waals surface area contributed by atoms with Gasteiger partial charge in [-0.3, -0.25) is 4.79 Å². The summed E-state index contributed by atoms with van der Waals surface area (Å²) in [6.45, 7) is 4.42. The van der Waals surface area contributed by atoms with Crippen molar-refractivity contribution in [3.8, 4) is 0 Å². The average molecular weight is 593 g/mol. The third-order valence-corrected chi connectivity index (χ3v) is 8.26. The third kappa shape index (κ3) is 6.28. The quantitative estimate of drug-likeness (QED) is 0.169. The molecule has 2 aliphatic heterocycles. The number of ketones is 1. The monoisotopic (exact) mass is 592 g/mol. The molecule has 2 aromatic carbocycles. The summed E-state index contributed by atoms with van der Waals surface area (Å²) in [4.78, 5) is 25.1. The lowest BCUT2D eigenvalue weighted by molar-refractivity contribution is -0.141. The Kier molecular flexibility index (Phi) is 7.94. The highest BCUT2D eigenvalue weighted by molar-refractivity contribution is 5.96. The van der Waals surface area contributed by atoms with E-state index in [0.717, 1.165) is 30.4 Å². The summed E-state index contributed by atoms with van der Waals surface area (Å²) in [6, 6.07) is 16.2. The fourth-order valence-corrected chi connectivity index (χ4v) is 6.06. The lowest BCUT2D eigenvalue weighted by Gasteiger charge is -2.31. The molecule has 1 atom stereocenters. The average Bonchev–Trinajstić information content (AvgIpc) is 3.46. The zero-order chi connectivity index (χ0) is 30.1. The minimum absolute atomic E-state index is 0.155. The molecule has 10 heteroatoms. The molecule has 6 rings (SSSR count). The highest BCUT2D eigenvalue weighted by Gasteiger charge is 2.42. The first-order valence-electron chi connectivity index (χ1n) is 14.5. The van der Waals surface area contributed by atoms with E-state index in [1.165, 1.54) is 17.8 Å². The normalized spacial score (nSPS) is 17.2. The van der Waals surface area contributed by atoms with Crippen molar-refractivity contribution in [2.45, 2.75) is 51.7 Å². The number of hydrogen-bond acceptors (Lipinski definition) is 6. The van der Waals surface area contributed by atoms with Crippen LogP contribution in [0.4, 0.5) is 29.4 Å². The van der Waals surface area contributed by atoms with Gasteiger partial charge < -0.3 is 14.2 Å². The number of piperidine rings is 1. The predicted molar refractivity (Wildman–Crippen MR) is 155 cm³/mol. The number of carbonyl (C=O) groups excluding carboxylic acids is 1. The second-order valence-electron chi connectivity index (χ2n) is 11.5. The predicted octanol–water partition coefficient (Wildman–Crippen LogP) is 7.04. The van der Waals surface area contributed by atoms with Gasteiger partial charge in [-0.2, -0.15) is 18.2 Å². The van der Waals surface area contributed by atoms with Crippen molar-refractivity contribution in [2.75, 3.05) is 29.4 Å². The zero-order valence-electron chi connectivity index (χ0n) is 23.8. The van der Waals surface area contributed by atoms with E-state index in [9.17, 15) is 22.4 Å². The topological polar surface area (TPSA) is 62.5 Å². The van der Waals surface area contributed by atoms with Crippen LogP contribution < -0.4 is 9.80 Å². The van der Waals surface area contributed by atoms with E-state index >= 15 is 0 Å². The van der Waals surface area contributed by atoms with Gasteiger partial charge in [0.1, 0.15) is 11.6 Å². The minimum atomic E-state index is -4.81. The Morgan fingerprint density at radius 3 is 2.58 bits per heavy atom. The Bertz CT molecular complexity index is 1620. The molecule has 1 fully saturated rings. The highest BCUT2D eigenvalue weighted by Crippen LogP contribution is 2.36. The Hall–Kier alpha value is -4.21. The number of benzene rings is 2. The van der Waals surface area contributed by atoms with Crippen molar-refractivity contribution in [1.82, 2.24) is 9.97 Å². The van der Waals surface area contributed by atoms with Crippen LogP contribution in [0.3, 0.4) is 0 Å². The van der Waals surface area contributed by atoms with Gasteiger partial charge in [0.15, 0.2) is 5.69 Å². The van der Waals surface area contributed by atoms with Gasteiger partial charge in [-0.25, -0.2) is 9.37 Å². The summed E-state index contributed by atoms with van der Waals surface area (Å²) >= 11 is 0. The Morgan fingerprint density at radius 2 is 1.84 bits per heavy atom. The molecule has 0 spiro atoms. The first-order chi connectivity index (χ1) is 20.7. The number of Topliss-reactive ketones (excluding diaryl/α,β-unsaturated/α-hetero) is 1. The molecule has 6 nitrogen and oxygen atoms in total. The number of nitrogens with zero attached hydrogens (tertiary/aromatic N) is 4. The van der Waals surface area contributed by atoms with E-state index in [2.05, 4.69) is 20.9 Å². The molecule has 0 N–H and O–H groups in total. The number of carbonyl (C=O) groups is 1. The molecule has 43 heavy (non-hydrogen) atoms. The first kappa shape index (κ1) is 28.9. The Balaban J connectivity index is 1.15. The summed E-state index contributed by atoms with van der Waals surface area (Å²) in [6.07, 6.45) is -0.474. The highest BCUT2D eigenvalue weighted by atomic mass is 19.4. The summed E-state index contributed by atoms with van der Waals surface area (Å²) < 4.78 is 61.1. The number of oxazole rings is 1. The molecule has 2 aliphatic rings. The van der Waals surface area contributed by atoms with Crippen molar-refractivity contribution < 1.29 is 26.8 Å². The summed E-state index contributed by atoms with van der Waals surface area (Å²) in [5.41, 5.74) is 3.33. The molecule has 0 radical (unpaired) electrons. The molecule has 224 valence electrons. The fraction of sp³-hybridized carbons (Fsp3) is 0.364. The van der Waals surface area contributed by atoms with Crippen molar-refractivity contribution in [1.29, 1.82) is 0 Å². The molecule has 1 saturated heterocycles. The van der Waals surface area contributed by atoms with E-state index in [-0.39, 0.29) is 18.3 Å². The number of rotatable bonds is 7. The molecule has 1 unspecified atom stereocenters. The van der Waals surface area contributed by atoms with Crippen LogP contribution in [0, 0.1) is 11.7 Å². The number of aromatic nitrogens is 2. The minimum Gasteiger partial charge on any atom is -0.420 e. The first-order valence-corrected chi connectivity index (χ1v) is 14.5. The molecule has 0 amide bonds. The summed E-state index contributed by atoms with van der Waals surface area (Å²) in [7, 11) is 0. The number of fused-ring (bicyclic) bond motifs is 1. The van der Waals surface area contributed by atoms with E-state index < -0.39 is 23.4 Å². The standard InChI is InChI=1S/C33H32F4N4O2/c1-21-6-5-14-41(19-21)32-39-31(33(35,36)37)30(43-32)28(42)16-22-11-12-29(38-18-22)40-15-13-26-23(8-4-9-25(26)20-40)17-24-7-2-3-10-27(24)34/h2-4,7-12,18,21H,5-6,13-17,19-20H2,1H3. The molecule has 2 aromatic heterocycles. The van der Waals surface area contributed by atoms with Gasteiger partial charge in [-0.05, 0) is 65.1 Å². The number of alkyl halides is 3. The number of anilines is 2. The molecule has 4 aromatic rings. The number of pyridine rings is 1. The van der Waals surface area contributed by atoms with Gasteiger partial charge in [-0.15, -0.1) is 0 Å². The third-order valence-electron chi connectivity index (χ3n) is 8.26. The van der Waals surface area contributed by atoms with Gasteiger partial charge in [0.05, 0.1) is 0 Å². The van der Waals surface area contributed by atoms with Crippen LogP contribution in [0.15, 0.2) is 65.2 Å². The van der Waals surface area contributed by atoms with Crippen LogP contribution >= 0.6 is 0 Å². The molecule has 0 saturated carbocycles. The van der Waals surface area contributed by atoms with Crippen LogP contribution in [0.5, 0.6) is 0 Å². The van der Waals surface area contributed by atoms with Crippen molar-refractivity contribution in [3.05, 3.63) is 106 Å². The van der Waals surface area contributed by atoms with Crippen molar-refractivity contribution >= 4 is 17.6 Å². The van der Waals surface area contributed by atoms with Crippen molar-refractivity contribution in [2.24, 2.45) is 5.92 Å². The van der Waals surface area contributed by atoms with E-state index in [1.54, 1.807) is 29.2 Å². The maximum atomic E-state index is 14.3. The largest absolute Gasteiger partial charge is 0.437 e. The van der Waals surface area contributed by atoms with Gasteiger partial charge >= 0.3 is 6.18 Å². The van der Waals surface area contributed by atoms with Crippen LogP contribution in [-0.4, -0.2) is 35.4 Å². The number of halogens is 4. The fourth-order valence-electron chi connectivity index (χ4n) is 6.06. The zero-order valence-corrected chi connectivity index (χ0v) is 23.8. The molecule has 4 heterocycles. The molecular weight excluding hydrogens is 560 g/mol. The van der Waals surface area contributed by atoms with Crippen LogP contribution in [0.25, 0.3) is 0 Å². The van der Waals surface area contributed by atoms with Crippen LogP contribution in [-0.2, 0) is 32.0 Å². The molecule has 0 aliphatic carbocycles. The summed E-state index contributed by atoms with van der Waals surface area (Å²) in [5.74, 6) is -0.759. The second-order valence-corrected chi connectivity index (χ2v) is 11.5. The van der Waals surface area contributed by atoms with Gasteiger partial charge in [0, 0.05) is 45.2 Å². The second kappa shape index (κ2) is 11.8. The van der Waals surface area contributed by atoms with E-state index in [1.807, 2.05) is 25.1 Å². The van der Waals surface area contributed by atoms with Gasteiger partial charge in [0.2, 0.25) is 11.5 Å². The summed E-state index contributed by atoms with van der Waals surface area (Å²) in [5, 5.41) is 0. The maximum absolute atomic E-state index is 14.3. The molecule has 0 bridgehead atoms. The number of hydrogen-bond donors (Lipinski definition) is 0. The van der Waals surface area contributed by atoms with Crippen LogP contribution in [0.1, 0.15) is 63.8 Å².